The van der Waals surface area contributed by atoms with E-state index in [0.717, 1.165) is 29.2 Å². The monoisotopic (exact) mass is 403 g/mol. The van der Waals surface area contributed by atoms with Crippen LogP contribution in [0.1, 0.15) is 31.9 Å². The van der Waals surface area contributed by atoms with Crippen molar-refractivity contribution in [1.29, 1.82) is 0 Å². The Kier molecular flexibility index (Phi) is 5.65. The van der Waals surface area contributed by atoms with Crippen molar-refractivity contribution in [1.82, 2.24) is 9.97 Å². The molecule has 0 aliphatic carbocycles. The summed E-state index contributed by atoms with van der Waals surface area (Å²) < 4.78 is 40.2. The lowest BCUT2D eigenvalue weighted by molar-refractivity contribution is -0.140. The first-order valence-electron chi connectivity index (χ1n) is 8.68. The number of hydrogen-bond donors (Lipinski definition) is 1. The first-order valence-corrected chi connectivity index (χ1v) is 9.50. The molecule has 3 nitrogen and oxygen atoms in total. The topological polar surface area (TPSA) is 37.8 Å². The molecule has 2 aromatic carbocycles. The van der Waals surface area contributed by atoms with E-state index >= 15 is 0 Å². The number of halogens is 3. The van der Waals surface area contributed by atoms with Gasteiger partial charge >= 0.3 is 6.18 Å². The highest BCUT2D eigenvalue weighted by molar-refractivity contribution is 7.99. The molecule has 0 fully saturated rings. The van der Waals surface area contributed by atoms with Crippen molar-refractivity contribution in [3.63, 3.8) is 0 Å². The number of nitrogens with one attached hydrogen (secondary N) is 1. The Morgan fingerprint density at radius 1 is 0.857 bits per heavy atom. The Labute approximate surface area is 166 Å². The first-order chi connectivity index (χ1) is 13.1. The average Bonchev–Trinajstić information content (AvgIpc) is 2.61. The largest absolute Gasteiger partial charge is 0.420 e. The predicted molar refractivity (Wildman–Crippen MR) is 106 cm³/mol. The number of aromatic nitrogens is 2. The average molecular weight is 403 g/mol. The fourth-order valence-corrected chi connectivity index (χ4v) is 3.59. The number of hydrogen-bond acceptors (Lipinski definition) is 4. The van der Waals surface area contributed by atoms with Crippen LogP contribution in [0.15, 0.2) is 70.7 Å². The Bertz CT molecular complexity index is 951. The summed E-state index contributed by atoms with van der Waals surface area (Å²) in [6, 6.07) is 16.5. The molecular weight excluding hydrogens is 383 g/mol. The van der Waals surface area contributed by atoms with Crippen LogP contribution in [0.5, 0.6) is 0 Å². The second kappa shape index (κ2) is 7.83. The Morgan fingerprint density at radius 2 is 1.50 bits per heavy atom. The van der Waals surface area contributed by atoms with Crippen molar-refractivity contribution in [2.45, 2.75) is 42.3 Å². The third-order valence-electron chi connectivity index (χ3n) is 4.00. The molecule has 1 heterocycles. The fraction of sp³-hybridized carbons (Fsp3) is 0.238. The van der Waals surface area contributed by atoms with Crippen LogP contribution in [0.3, 0.4) is 0 Å². The lowest BCUT2D eigenvalue weighted by Gasteiger charge is -2.23. The van der Waals surface area contributed by atoms with E-state index in [1.165, 1.54) is 0 Å². The summed E-state index contributed by atoms with van der Waals surface area (Å²) in [4.78, 5) is 8.76. The number of anilines is 2. The Hall–Kier alpha value is -2.54. The van der Waals surface area contributed by atoms with Crippen LogP contribution in [0, 0.1) is 0 Å². The van der Waals surface area contributed by atoms with Crippen LogP contribution in [0.4, 0.5) is 24.8 Å². The molecule has 0 spiro atoms. The molecule has 0 amide bonds. The smallest absolute Gasteiger partial charge is 0.324 e. The number of rotatable bonds is 4. The van der Waals surface area contributed by atoms with E-state index in [1.807, 2.05) is 30.3 Å². The highest BCUT2D eigenvalue weighted by Crippen LogP contribution is 2.39. The summed E-state index contributed by atoms with van der Waals surface area (Å²) in [6.45, 7) is 6.20. The summed E-state index contributed by atoms with van der Waals surface area (Å²) in [5.74, 6) is 0.128. The summed E-state index contributed by atoms with van der Waals surface area (Å²) in [6.07, 6.45) is -3.70. The minimum atomic E-state index is -4.53. The van der Waals surface area contributed by atoms with Gasteiger partial charge in [0.05, 0.1) is 0 Å². The van der Waals surface area contributed by atoms with Crippen molar-refractivity contribution in [3.8, 4) is 0 Å². The molecule has 0 aliphatic rings. The normalized spacial score (nSPS) is 12.1. The second-order valence-corrected chi connectivity index (χ2v) is 8.31. The molecule has 0 bridgehead atoms. The third-order valence-corrected chi connectivity index (χ3v) is 5.01. The molecule has 28 heavy (non-hydrogen) atoms. The van der Waals surface area contributed by atoms with Gasteiger partial charge in [-0.25, -0.2) is 9.97 Å². The summed E-state index contributed by atoms with van der Waals surface area (Å²) in [7, 11) is 0. The van der Waals surface area contributed by atoms with Crippen molar-refractivity contribution >= 4 is 23.4 Å². The number of para-hydroxylation sites is 1. The standard InChI is InChI=1S/C21H20F3N3S/c1-20(2,3)15-11-7-8-12-17(15)26-19-25-13-16(21(22,23)24)18(27-19)28-14-9-5-4-6-10-14/h4-13H,1-3H3,(H,25,26,27). The van der Waals surface area contributed by atoms with E-state index in [2.05, 4.69) is 36.1 Å². The Balaban J connectivity index is 1.99. The molecule has 0 aliphatic heterocycles. The summed E-state index contributed by atoms with van der Waals surface area (Å²) in [5.41, 5.74) is 0.800. The van der Waals surface area contributed by atoms with Gasteiger partial charge in [-0.05, 0) is 29.2 Å². The maximum Gasteiger partial charge on any atom is 0.420 e. The van der Waals surface area contributed by atoms with Crippen LogP contribution < -0.4 is 5.32 Å². The first kappa shape index (κ1) is 20.2. The SMILES string of the molecule is CC(C)(C)c1ccccc1Nc1ncc(C(F)(F)F)c(Sc2ccccc2)n1. The van der Waals surface area contributed by atoms with Crippen molar-refractivity contribution < 1.29 is 13.2 Å². The van der Waals surface area contributed by atoms with E-state index in [0.29, 0.717) is 4.90 Å². The molecule has 0 unspecified atom stereocenters. The van der Waals surface area contributed by atoms with E-state index in [4.69, 9.17) is 0 Å². The van der Waals surface area contributed by atoms with Crippen molar-refractivity contribution in [2.75, 3.05) is 5.32 Å². The molecule has 0 saturated carbocycles. The van der Waals surface area contributed by atoms with Gasteiger partial charge in [0.15, 0.2) is 0 Å². The van der Waals surface area contributed by atoms with Gasteiger partial charge in [-0.15, -0.1) is 0 Å². The maximum absolute atomic E-state index is 13.4. The van der Waals surface area contributed by atoms with Crippen LogP contribution in [-0.4, -0.2) is 9.97 Å². The van der Waals surface area contributed by atoms with Crippen LogP contribution in [0.25, 0.3) is 0 Å². The van der Waals surface area contributed by atoms with Gasteiger partial charge in [0, 0.05) is 16.8 Å². The fourth-order valence-electron chi connectivity index (χ4n) is 2.67. The highest BCUT2D eigenvalue weighted by Gasteiger charge is 2.35. The third kappa shape index (κ3) is 4.84. The zero-order chi connectivity index (χ0) is 20.4. The van der Waals surface area contributed by atoms with E-state index in [9.17, 15) is 13.2 Å². The van der Waals surface area contributed by atoms with Crippen molar-refractivity contribution in [3.05, 3.63) is 71.9 Å². The second-order valence-electron chi connectivity index (χ2n) is 7.25. The molecule has 0 atom stereocenters. The van der Waals surface area contributed by atoms with E-state index in [1.54, 1.807) is 24.3 Å². The van der Waals surface area contributed by atoms with Gasteiger partial charge in [-0.3, -0.25) is 0 Å². The Morgan fingerprint density at radius 3 is 2.14 bits per heavy atom. The van der Waals surface area contributed by atoms with Crippen LogP contribution in [0.2, 0.25) is 0 Å². The quantitative estimate of drug-likeness (QED) is 0.493. The molecule has 7 heteroatoms. The molecule has 146 valence electrons. The minimum Gasteiger partial charge on any atom is -0.324 e. The van der Waals surface area contributed by atoms with Gasteiger partial charge < -0.3 is 5.32 Å². The lowest BCUT2D eigenvalue weighted by atomic mass is 9.86. The van der Waals surface area contributed by atoms with Gasteiger partial charge in [0.25, 0.3) is 0 Å². The van der Waals surface area contributed by atoms with Crippen LogP contribution >= 0.6 is 11.8 Å². The zero-order valence-electron chi connectivity index (χ0n) is 15.7. The van der Waals surface area contributed by atoms with Gasteiger partial charge in [0.1, 0.15) is 10.6 Å². The van der Waals surface area contributed by atoms with Gasteiger partial charge in [-0.2, -0.15) is 13.2 Å². The molecule has 1 aromatic heterocycles. The van der Waals surface area contributed by atoms with Crippen molar-refractivity contribution in [2.24, 2.45) is 0 Å². The number of benzene rings is 2. The van der Waals surface area contributed by atoms with E-state index < -0.39 is 11.7 Å². The lowest BCUT2D eigenvalue weighted by Crippen LogP contribution is -2.15. The zero-order valence-corrected chi connectivity index (χ0v) is 16.5. The van der Waals surface area contributed by atoms with Gasteiger partial charge in [0.2, 0.25) is 5.95 Å². The van der Waals surface area contributed by atoms with Gasteiger partial charge in [-0.1, -0.05) is 68.9 Å². The van der Waals surface area contributed by atoms with Crippen LogP contribution in [-0.2, 0) is 11.6 Å². The summed E-state index contributed by atoms with van der Waals surface area (Å²) in [5, 5.41) is 2.95. The van der Waals surface area contributed by atoms with E-state index in [-0.39, 0.29) is 16.4 Å². The molecule has 0 saturated heterocycles. The molecule has 3 aromatic rings. The molecular formula is C21H20F3N3S. The summed E-state index contributed by atoms with van der Waals surface area (Å²) >= 11 is 0.964. The predicted octanol–water partition coefficient (Wildman–Crippen LogP) is 6.69. The number of alkyl halides is 3. The maximum atomic E-state index is 13.4. The minimum absolute atomic E-state index is 0.128. The molecule has 1 N–H and O–H groups in total. The highest BCUT2D eigenvalue weighted by atomic mass is 32.2. The number of nitrogens with zero attached hydrogens (tertiary/aromatic N) is 2. The molecule has 0 radical (unpaired) electrons. The molecule has 3 rings (SSSR count).